The highest BCUT2D eigenvalue weighted by Crippen LogP contribution is 2.20. The van der Waals surface area contributed by atoms with Crippen molar-refractivity contribution in [3.8, 4) is 0 Å². The van der Waals surface area contributed by atoms with E-state index in [1.54, 1.807) is 12.4 Å². The average Bonchev–Trinajstić information content (AvgIpc) is 3.29. The van der Waals surface area contributed by atoms with E-state index in [1.807, 2.05) is 10.9 Å². The fourth-order valence-electron chi connectivity index (χ4n) is 4.23. The first-order chi connectivity index (χ1) is 17.0. The maximum Gasteiger partial charge on any atom is 0.229 e. The summed E-state index contributed by atoms with van der Waals surface area (Å²) in [5.41, 5.74) is 3.80. The summed E-state index contributed by atoms with van der Waals surface area (Å²) in [6.07, 6.45) is 6.66. The second kappa shape index (κ2) is 11.8. The number of aromatic nitrogens is 4. The van der Waals surface area contributed by atoms with Gasteiger partial charge in [-0.2, -0.15) is 10.1 Å². The SMILES string of the molecule is CC(CN(C)C)Cn1cc(Nc2ncc(C=N)c(NCc3cccc(N4CCOCC4)c3)n2)cn1.[HH]. The summed E-state index contributed by atoms with van der Waals surface area (Å²) in [7, 11) is 4.16. The Balaban J connectivity index is 0.00000361. The van der Waals surface area contributed by atoms with Crippen molar-refractivity contribution in [1.29, 1.82) is 5.41 Å². The van der Waals surface area contributed by atoms with Gasteiger partial charge in [0.2, 0.25) is 5.95 Å². The largest absolute Gasteiger partial charge is 0.378 e. The molecule has 1 aromatic carbocycles. The van der Waals surface area contributed by atoms with Crippen LogP contribution in [-0.2, 0) is 17.8 Å². The van der Waals surface area contributed by atoms with Crippen LogP contribution < -0.4 is 15.5 Å². The predicted octanol–water partition coefficient (Wildman–Crippen LogP) is 3.31. The van der Waals surface area contributed by atoms with Crippen LogP contribution in [0, 0.1) is 11.3 Å². The molecule has 0 saturated carbocycles. The molecular formula is C25H37N9O. The van der Waals surface area contributed by atoms with Gasteiger partial charge in [0.15, 0.2) is 0 Å². The van der Waals surface area contributed by atoms with Gasteiger partial charge in [-0.3, -0.25) is 4.68 Å². The number of benzene rings is 1. The molecule has 35 heavy (non-hydrogen) atoms. The molecule has 1 fully saturated rings. The van der Waals surface area contributed by atoms with Gasteiger partial charge in [-0.15, -0.1) is 0 Å². The summed E-state index contributed by atoms with van der Waals surface area (Å²) in [6, 6.07) is 8.48. The lowest BCUT2D eigenvalue weighted by Gasteiger charge is -2.29. The quantitative estimate of drug-likeness (QED) is 0.360. The lowest BCUT2D eigenvalue weighted by atomic mass is 10.1. The topological polar surface area (TPSA) is 107 Å². The molecule has 0 radical (unpaired) electrons. The van der Waals surface area contributed by atoms with Crippen molar-refractivity contribution in [3.05, 3.63) is 54.0 Å². The summed E-state index contributed by atoms with van der Waals surface area (Å²) in [4.78, 5) is 13.5. The standard InChI is InChI=1S/C25H35N9O.H2/c1-19(16-32(2)3)17-34-18-22(15-29-34)30-25-28-14-21(12-26)24(31-25)27-13-20-5-4-6-23(11-20)33-7-9-35-10-8-33;/h4-6,11-12,14-15,18-19,26H,7-10,13,16-17H2,1-3H3,(H2,27,28,30,31);1H. The summed E-state index contributed by atoms with van der Waals surface area (Å²) < 4.78 is 7.40. The number of hydrogen-bond donors (Lipinski definition) is 3. The molecule has 3 N–H and O–H groups in total. The number of hydrogen-bond acceptors (Lipinski definition) is 9. The Morgan fingerprint density at radius 3 is 2.86 bits per heavy atom. The minimum atomic E-state index is 0. The molecule has 3 heterocycles. The Morgan fingerprint density at radius 1 is 1.26 bits per heavy atom. The van der Waals surface area contributed by atoms with Gasteiger partial charge in [-0.25, -0.2) is 4.98 Å². The molecule has 4 rings (SSSR count). The molecule has 1 saturated heterocycles. The van der Waals surface area contributed by atoms with Crippen LogP contribution in [0.5, 0.6) is 0 Å². The van der Waals surface area contributed by atoms with Gasteiger partial charge >= 0.3 is 0 Å². The fourth-order valence-corrected chi connectivity index (χ4v) is 4.23. The van der Waals surface area contributed by atoms with Crippen molar-refractivity contribution >= 4 is 29.4 Å². The number of nitrogens with one attached hydrogen (secondary N) is 3. The van der Waals surface area contributed by atoms with Crippen LogP contribution >= 0.6 is 0 Å². The van der Waals surface area contributed by atoms with Crippen molar-refractivity contribution in [2.75, 3.05) is 62.5 Å². The van der Waals surface area contributed by atoms with E-state index in [9.17, 15) is 0 Å². The van der Waals surface area contributed by atoms with Crippen LogP contribution in [0.4, 0.5) is 23.1 Å². The first-order valence-electron chi connectivity index (χ1n) is 12.0. The highest BCUT2D eigenvalue weighted by molar-refractivity contribution is 5.84. The zero-order valence-corrected chi connectivity index (χ0v) is 20.7. The molecule has 10 heteroatoms. The lowest BCUT2D eigenvalue weighted by molar-refractivity contribution is 0.122. The van der Waals surface area contributed by atoms with E-state index in [2.05, 4.69) is 80.8 Å². The van der Waals surface area contributed by atoms with E-state index in [-0.39, 0.29) is 1.43 Å². The first-order valence-corrected chi connectivity index (χ1v) is 12.0. The Morgan fingerprint density at radius 2 is 2.09 bits per heavy atom. The van der Waals surface area contributed by atoms with Gasteiger partial charge in [-0.05, 0) is 37.7 Å². The van der Waals surface area contributed by atoms with Crippen LogP contribution in [0.1, 0.15) is 19.5 Å². The van der Waals surface area contributed by atoms with E-state index in [1.165, 1.54) is 11.9 Å². The predicted molar refractivity (Wildman–Crippen MR) is 142 cm³/mol. The molecule has 1 atom stereocenters. The van der Waals surface area contributed by atoms with Crippen LogP contribution in [-0.4, -0.2) is 77.8 Å². The Bertz CT molecular complexity index is 1110. The van der Waals surface area contributed by atoms with Crippen molar-refractivity contribution in [2.45, 2.75) is 20.0 Å². The van der Waals surface area contributed by atoms with Crippen molar-refractivity contribution < 1.29 is 6.16 Å². The summed E-state index contributed by atoms with van der Waals surface area (Å²) >= 11 is 0. The number of nitrogens with zero attached hydrogens (tertiary/aromatic N) is 6. The zero-order valence-electron chi connectivity index (χ0n) is 20.7. The maximum atomic E-state index is 7.74. The Hall–Kier alpha value is -3.50. The normalized spacial score (nSPS) is 14.7. The molecule has 188 valence electrons. The van der Waals surface area contributed by atoms with Crippen LogP contribution in [0.3, 0.4) is 0 Å². The monoisotopic (exact) mass is 479 g/mol. The molecule has 3 aromatic rings. The summed E-state index contributed by atoms with van der Waals surface area (Å²) in [5.74, 6) is 1.56. The first kappa shape index (κ1) is 24.6. The van der Waals surface area contributed by atoms with Gasteiger partial charge in [0.25, 0.3) is 0 Å². The number of rotatable bonds is 11. The minimum Gasteiger partial charge on any atom is -0.378 e. The van der Waals surface area contributed by atoms with Crippen molar-refractivity contribution in [2.24, 2.45) is 5.92 Å². The Kier molecular flexibility index (Phi) is 8.27. The maximum absolute atomic E-state index is 7.74. The van der Waals surface area contributed by atoms with E-state index in [0.717, 1.165) is 50.6 Å². The van der Waals surface area contributed by atoms with Gasteiger partial charge in [0, 0.05) is 58.4 Å². The van der Waals surface area contributed by atoms with Crippen molar-refractivity contribution in [1.82, 2.24) is 24.6 Å². The molecule has 0 amide bonds. The van der Waals surface area contributed by atoms with Crippen LogP contribution in [0.15, 0.2) is 42.9 Å². The van der Waals surface area contributed by atoms with Crippen molar-refractivity contribution in [3.63, 3.8) is 0 Å². The van der Waals surface area contributed by atoms with E-state index in [4.69, 9.17) is 10.1 Å². The zero-order chi connectivity index (χ0) is 24.6. The highest BCUT2D eigenvalue weighted by atomic mass is 16.5. The number of morpholine rings is 1. The molecular weight excluding hydrogens is 442 g/mol. The van der Waals surface area contributed by atoms with E-state index >= 15 is 0 Å². The van der Waals surface area contributed by atoms with Gasteiger partial charge < -0.3 is 30.6 Å². The second-order valence-electron chi connectivity index (χ2n) is 9.21. The molecule has 0 bridgehead atoms. The van der Waals surface area contributed by atoms with Crippen LogP contribution in [0.2, 0.25) is 0 Å². The third-order valence-electron chi connectivity index (χ3n) is 5.78. The van der Waals surface area contributed by atoms with Crippen LogP contribution in [0.25, 0.3) is 0 Å². The van der Waals surface area contributed by atoms with E-state index < -0.39 is 0 Å². The summed E-state index contributed by atoms with van der Waals surface area (Å²) in [5, 5.41) is 18.8. The van der Waals surface area contributed by atoms with Gasteiger partial charge in [0.1, 0.15) is 5.82 Å². The molecule has 0 spiro atoms. The molecule has 0 aliphatic carbocycles. The Labute approximate surface area is 208 Å². The molecule has 1 aliphatic heterocycles. The second-order valence-corrected chi connectivity index (χ2v) is 9.21. The lowest BCUT2D eigenvalue weighted by Crippen LogP contribution is -2.36. The fraction of sp³-hybridized carbons (Fsp3) is 0.440. The highest BCUT2D eigenvalue weighted by Gasteiger charge is 2.12. The molecule has 2 aromatic heterocycles. The molecule has 1 unspecified atom stereocenters. The molecule has 1 aliphatic rings. The van der Waals surface area contributed by atoms with Gasteiger partial charge in [-0.1, -0.05) is 19.1 Å². The minimum absolute atomic E-state index is 0. The number of anilines is 4. The third-order valence-corrected chi connectivity index (χ3v) is 5.78. The number of ether oxygens (including phenoxy) is 1. The summed E-state index contributed by atoms with van der Waals surface area (Å²) in [6.45, 7) is 7.97. The average molecular weight is 480 g/mol. The smallest absolute Gasteiger partial charge is 0.229 e. The van der Waals surface area contributed by atoms with E-state index in [0.29, 0.717) is 29.8 Å². The third kappa shape index (κ3) is 7.00. The van der Waals surface area contributed by atoms with Gasteiger partial charge in [0.05, 0.1) is 30.7 Å². The molecule has 10 nitrogen and oxygen atoms in total.